The second-order valence-corrected chi connectivity index (χ2v) is 19.5. The summed E-state index contributed by atoms with van der Waals surface area (Å²) in [4.78, 5) is 12.6. The van der Waals surface area contributed by atoms with E-state index in [1.165, 1.54) is 12.1 Å². The van der Waals surface area contributed by atoms with Crippen LogP contribution in [0.25, 0.3) is 0 Å². The van der Waals surface area contributed by atoms with Crippen molar-refractivity contribution >= 4 is 18.3 Å². The van der Waals surface area contributed by atoms with Crippen LogP contribution in [0.5, 0.6) is 0 Å². The Balaban J connectivity index is 2.22. The van der Waals surface area contributed by atoms with E-state index >= 15 is 0 Å². The first-order valence-electron chi connectivity index (χ1n) is 14.8. The van der Waals surface area contributed by atoms with Crippen LogP contribution in [0.4, 0.5) is 0 Å². The molecule has 2 aromatic rings. The highest BCUT2D eigenvalue weighted by molar-refractivity contribution is 7.89. The van der Waals surface area contributed by atoms with Crippen molar-refractivity contribution in [2.24, 2.45) is 5.92 Å². The Morgan fingerprint density at radius 2 is 1.59 bits per heavy atom. The Kier molecular flexibility index (Phi) is 11.0. The summed E-state index contributed by atoms with van der Waals surface area (Å²) in [5.74, 6) is -0.676. The van der Waals surface area contributed by atoms with Crippen molar-refractivity contribution in [3.8, 4) is 0 Å². The number of aliphatic hydroxyl groups is 1. The van der Waals surface area contributed by atoms with E-state index < -0.39 is 48.7 Å². The minimum absolute atomic E-state index is 0.0192. The normalized spacial score (nSPS) is 24.3. The number of benzene rings is 2. The average Bonchev–Trinajstić information content (AvgIpc) is 2.89. The summed E-state index contributed by atoms with van der Waals surface area (Å²) in [6, 6.07) is 12.5. The van der Waals surface area contributed by atoms with Crippen LogP contribution in [-0.2, 0) is 14.4 Å². The summed E-state index contributed by atoms with van der Waals surface area (Å²) < 4.78 is 36.3. The number of hydrogen-bond acceptors (Lipinski definition) is 6. The topological polar surface area (TPSA) is 110 Å². The number of piperidine rings is 1. The standard InChI is InChI=1S/C31H48N2O6SSi/c1-8-9-10-11-15-18-26-28(33(35)36)27(24-16-13-12-14-17-24)32(40(37,38)25-21-19-23(2)20-22-25)30(34)29(26)39-41(6,7)31(3,4)5/h12-14,16-17,19-22,26-30,34H,8-11,15,18H2,1-7H3/t26-,27-,28-,29-,30+/m0/s1. The molecule has 10 heteroatoms. The molecule has 0 radical (unpaired) electrons. The fraction of sp³-hybridized carbons (Fsp3) is 0.613. The van der Waals surface area contributed by atoms with Crippen LogP contribution in [0.15, 0.2) is 59.5 Å². The van der Waals surface area contributed by atoms with Gasteiger partial charge in [-0.05, 0) is 49.2 Å². The fourth-order valence-corrected chi connectivity index (χ4v) is 8.49. The summed E-state index contributed by atoms with van der Waals surface area (Å²) in [6.07, 6.45) is 2.68. The van der Waals surface area contributed by atoms with Crippen LogP contribution in [0.2, 0.25) is 18.1 Å². The van der Waals surface area contributed by atoms with Gasteiger partial charge in [-0.3, -0.25) is 10.1 Å². The van der Waals surface area contributed by atoms with Gasteiger partial charge in [-0.2, -0.15) is 4.31 Å². The van der Waals surface area contributed by atoms with Gasteiger partial charge in [0, 0.05) is 4.92 Å². The van der Waals surface area contributed by atoms with Gasteiger partial charge in [0.25, 0.3) is 0 Å². The second kappa shape index (κ2) is 13.5. The third-order valence-corrected chi connectivity index (χ3v) is 15.2. The van der Waals surface area contributed by atoms with Crippen LogP contribution >= 0.6 is 0 Å². The monoisotopic (exact) mass is 604 g/mol. The van der Waals surface area contributed by atoms with E-state index in [1.807, 2.05) is 20.0 Å². The number of aliphatic hydroxyl groups excluding tert-OH is 1. The summed E-state index contributed by atoms with van der Waals surface area (Å²) in [6.45, 7) is 14.2. The molecule has 1 fully saturated rings. The highest BCUT2D eigenvalue weighted by atomic mass is 32.2. The largest absolute Gasteiger partial charge is 0.409 e. The molecule has 41 heavy (non-hydrogen) atoms. The molecule has 1 saturated heterocycles. The number of unbranched alkanes of at least 4 members (excludes halogenated alkanes) is 4. The SMILES string of the molecule is CCCCCCC[C@@H]1[C@H](O[Si](C)(C)C(C)(C)C)[C@@H](O)N(S(=O)(=O)c2ccc(C)cc2)[C@@H](c2ccccc2)[C@H]1[N+](=O)[O-]. The molecule has 1 heterocycles. The van der Waals surface area contributed by atoms with Crippen LogP contribution in [0.3, 0.4) is 0 Å². The molecule has 1 aliphatic heterocycles. The lowest BCUT2D eigenvalue weighted by Gasteiger charge is -2.50. The van der Waals surface area contributed by atoms with Gasteiger partial charge < -0.3 is 9.53 Å². The fourth-order valence-electron chi connectivity index (χ4n) is 5.48. The first-order valence-corrected chi connectivity index (χ1v) is 19.1. The summed E-state index contributed by atoms with van der Waals surface area (Å²) in [5, 5.41) is 24.8. The van der Waals surface area contributed by atoms with Crippen molar-refractivity contribution in [2.45, 2.75) is 121 Å². The predicted octanol–water partition coefficient (Wildman–Crippen LogP) is 7.07. The zero-order valence-electron chi connectivity index (χ0n) is 25.6. The van der Waals surface area contributed by atoms with Crippen molar-refractivity contribution in [3.63, 3.8) is 0 Å². The highest BCUT2D eigenvalue weighted by Gasteiger charge is 2.60. The molecule has 8 nitrogen and oxygen atoms in total. The molecule has 0 saturated carbocycles. The van der Waals surface area contributed by atoms with Crippen molar-refractivity contribution in [1.82, 2.24) is 4.31 Å². The first-order chi connectivity index (χ1) is 19.1. The molecule has 0 amide bonds. The molecular formula is C31H48N2O6SSi. The van der Waals surface area contributed by atoms with Gasteiger partial charge in [0.15, 0.2) is 8.32 Å². The molecule has 0 aromatic heterocycles. The van der Waals surface area contributed by atoms with Gasteiger partial charge in [0.1, 0.15) is 12.3 Å². The zero-order chi connectivity index (χ0) is 30.6. The third kappa shape index (κ3) is 7.46. The molecule has 5 atom stereocenters. The molecular weight excluding hydrogens is 557 g/mol. The van der Waals surface area contributed by atoms with E-state index in [2.05, 4.69) is 27.7 Å². The Morgan fingerprint density at radius 1 is 1.00 bits per heavy atom. The van der Waals surface area contributed by atoms with Gasteiger partial charge in [0.2, 0.25) is 16.1 Å². The molecule has 3 rings (SSSR count). The third-order valence-electron chi connectivity index (χ3n) is 8.87. The van der Waals surface area contributed by atoms with Crippen LogP contribution in [0, 0.1) is 23.0 Å². The number of rotatable bonds is 12. The van der Waals surface area contributed by atoms with Gasteiger partial charge in [-0.1, -0.05) is 108 Å². The lowest BCUT2D eigenvalue weighted by molar-refractivity contribution is -0.550. The quantitative estimate of drug-likeness (QED) is 0.120. The zero-order valence-corrected chi connectivity index (χ0v) is 27.4. The minimum Gasteiger partial charge on any atom is -0.409 e. The van der Waals surface area contributed by atoms with Crippen molar-refractivity contribution in [2.75, 3.05) is 0 Å². The average molecular weight is 605 g/mol. The predicted molar refractivity (Wildman–Crippen MR) is 165 cm³/mol. The number of aryl methyl sites for hydroxylation is 1. The van der Waals surface area contributed by atoms with Crippen LogP contribution in [0.1, 0.15) is 83.4 Å². The molecule has 1 N–H and O–H groups in total. The Morgan fingerprint density at radius 3 is 2.12 bits per heavy atom. The minimum atomic E-state index is -4.36. The molecule has 0 aliphatic carbocycles. The van der Waals surface area contributed by atoms with Crippen LogP contribution in [-0.4, -0.2) is 49.4 Å². The molecule has 0 bridgehead atoms. The number of nitro groups is 1. The number of sulfonamides is 1. The second-order valence-electron chi connectivity index (χ2n) is 12.9. The van der Waals surface area contributed by atoms with E-state index in [1.54, 1.807) is 42.5 Å². The van der Waals surface area contributed by atoms with E-state index in [0.717, 1.165) is 42.0 Å². The van der Waals surface area contributed by atoms with E-state index in [9.17, 15) is 23.6 Å². The summed E-state index contributed by atoms with van der Waals surface area (Å²) in [7, 11) is -6.94. The Bertz CT molecular complexity index is 1250. The maximum atomic E-state index is 14.3. The smallest absolute Gasteiger partial charge is 0.246 e. The van der Waals surface area contributed by atoms with Crippen LogP contribution < -0.4 is 0 Å². The summed E-state index contributed by atoms with van der Waals surface area (Å²) in [5.41, 5.74) is 1.36. The van der Waals surface area contributed by atoms with Crippen molar-refractivity contribution in [3.05, 3.63) is 75.8 Å². The highest BCUT2D eigenvalue weighted by Crippen LogP contribution is 2.47. The van der Waals surface area contributed by atoms with E-state index in [-0.39, 0.29) is 14.9 Å². The maximum absolute atomic E-state index is 14.3. The Labute approximate surface area is 247 Å². The molecule has 0 spiro atoms. The number of nitrogens with zero attached hydrogens (tertiary/aromatic N) is 2. The molecule has 228 valence electrons. The van der Waals surface area contributed by atoms with E-state index in [0.29, 0.717) is 12.0 Å². The van der Waals surface area contributed by atoms with Gasteiger partial charge >= 0.3 is 0 Å². The molecule has 1 aliphatic rings. The Hall–Kier alpha value is -2.11. The molecule has 2 aromatic carbocycles. The maximum Gasteiger partial charge on any atom is 0.246 e. The first kappa shape index (κ1) is 33.4. The van der Waals surface area contributed by atoms with Crippen molar-refractivity contribution in [1.29, 1.82) is 0 Å². The van der Waals surface area contributed by atoms with Gasteiger partial charge in [0.05, 0.1) is 16.9 Å². The lowest BCUT2D eigenvalue weighted by Crippen LogP contribution is -2.65. The lowest BCUT2D eigenvalue weighted by atomic mass is 9.78. The van der Waals surface area contributed by atoms with Gasteiger partial charge in [-0.15, -0.1) is 0 Å². The van der Waals surface area contributed by atoms with Gasteiger partial charge in [-0.25, -0.2) is 8.42 Å². The van der Waals surface area contributed by atoms with Crippen molar-refractivity contribution < 1.29 is 22.9 Å². The summed E-state index contributed by atoms with van der Waals surface area (Å²) >= 11 is 0. The molecule has 0 unspecified atom stereocenters. The van der Waals surface area contributed by atoms with E-state index in [4.69, 9.17) is 4.43 Å². The number of hydrogen-bond donors (Lipinski definition) is 1.